The van der Waals surface area contributed by atoms with Crippen molar-refractivity contribution in [2.75, 3.05) is 0 Å². The number of aliphatic imine (C=N–C) groups is 1. The molecule has 1 aromatic heterocycles. The van der Waals surface area contributed by atoms with Crippen LogP contribution in [0.4, 0.5) is 0 Å². The maximum atomic E-state index is 4.67. The molecule has 0 saturated heterocycles. The lowest BCUT2D eigenvalue weighted by Gasteiger charge is -2.15. The van der Waals surface area contributed by atoms with E-state index in [2.05, 4.69) is 16.0 Å². The second-order valence-electron chi connectivity index (χ2n) is 4.40. The molecule has 1 N–H and O–H groups in total. The molecular formula is C13H20N2. The Labute approximate surface area is 91.8 Å². The van der Waals surface area contributed by atoms with Gasteiger partial charge in [0.2, 0.25) is 0 Å². The van der Waals surface area contributed by atoms with E-state index in [1.54, 1.807) is 0 Å². The summed E-state index contributed by atoms with van der Waals surface area (Å²) in [6, 6.07) is 4.64. The molecule has 1 heterocycles. The van der Waals surface area contributed by atoms with E-state index in [0.29, 0.717) is 6.04 Å². The number of aromatic amines is 1. The van der Waals surface area contributed by atoms with E-state index in [1.165, 1.54) is 44.9 Å². The van der Waals surface area contributed by atoms with Crippen molar-refractivity contribution >= 4 is 6.21 Å². The minimum Gasteiger partial charge on any atom is -0.360 e. The minimum absolute atomic E-state index is 0.564. The molecule has 0 amide bonds. The van der Waals surface area contributed by atoms with E-state index in [1.807, 2.05) is 18.5 Å². The summed E-state index contributed by atoms with van der Waals surface area (Å²) in [7, 11) is 0. The van der Waals surface area contributed by atoms with Gasteiger partial charge in [-0.05, 0) is 25.0 Å². The van der Waals surface area contributed by atoms with Crippen LogP contribution in [0.5, 0.6) is 0 Å². The van der Waals surface area contributed by atoms with Crippen molar-refractivity contribution < 1.29 is 0 Å². The summed E-state index contributed by atoms with van der Waals surface area (Å²) in [5.74, 6) is 0. The van der Waals surface area contributed by atoms with Crippen LogP contribution < -0.4 is 0 Å². The first-order valence-electron chi connectivity index (χ1n) is 6.12. The number of aromatic nitrogens is 1. The molecule has 0 aliphatic heterocycles. The van der Waals surface area contributed by atoms with Gasteiger partial charge in [0.25, 0.3) is 0 Å². The van der Waals surface area contributed by atoms with Crippen molar-refractivity contribution in [3.8, 4) is 0 Å². The van der Waals surface area contributed by atoms with Gasteiger partial charge in [-0.25, -0.2) is 0 Å². The predicted molar refractivity (Wildman–Crippen MR) is 64.5 cm³/mol. The van der Waals surface area contributed by atoms with Gasteiger partial charge in [0.15, 0.2) is 0 Å². The minimum atomic E-state index is 0.564. The van der Waals surface area contributed by atoms with Gasteiger partial charge in [-0.15, -0.1) is 0 Å². The van der Waals surface area contributed by atoms with Crippen molar-refractivity contribution in [2.45, 2.75) is 51.0 Å². The highest BCUT2D eigenvalue weighted by Gasteiger charge is 2.08. The third-order valence-corrected chi connectivity index (χ3v) is 3.12. The first kappa shape index (κ1) is 10.5. The average Bonchev–Trinajstić information content (AvgIpc) is 2.68. The van der Waals surface area contributed by atoms with Crippen LogP contribution in [0.25, 0.3) is 0 Å². The van der Waals surface area contributed by atoms with Crippen LogP contribution in [0.2, 0.25) is 0 Å². The zero-order valence-corrected chi connectivity index (χ0v) is 9.28. The molecule has 2 rings (SSSR count). The summed E-state index contributed by atoms with van der Waals surface area (Å²) in [5, 5.41) is 0. The number of hydrogen-bond acceptors (Lipinski definition) is 1. The molecule has 0 atom stereocenters. The standard InChI is InChI=1S/C13H20N2/c1-2-4-7-12(8-5-3-1)15-11-13-9-6-10-14-13/h6,9-12,14H,1-5,7-8H2. The molecule has 1 fully saturated rings. The topological polar surface area (TPSA) is 28.1 Å². The van der Waals surface area contributed by atoms with Gasteiger partial charge in [-0.1, -0.05) is 32.1 Å². The van der Waals surface area contributed by atoms with E-state index >= 15 is 0 Å². The number of nitrogens with zero attached hydrogens (tertiary/aromatic N) is 1. The molecule has 2 heteroatoms. The van der Waals surface area contributed by atoms with Crippen molar-refractivity contribution in [1.29, 1.82) is 0 Å². The molecule has 0 bridgehead atoms. The Bertz CT molecular complexity index is 279. The highest BCUT2D eigenvalue weighted by Crippen LogP contribution is 2.19. The Morgan fingerprint density at radius 2 is 1.87 bits per heavy atom. The highest BCUT2D eigenvalue weighted by molar-refractivity contribution is 5.77. The SMILES string of the molecule is C(=NC1CCCCCCC1)c1ccc[nH]1. The molecule has 1 aliphatic rings. The summed E-state index contributed by atoms with van der Waals surface area (Å²) in [5.41, 5.74) is 1.12. The van der Waals surface area contributed by atoms with Crippen LogP contribution in [-0.2, 0) is 0 Å². The van der Waals surface area contributed by atoms with Crippen LogP contribution in [0.1, 0.15) is 50.6 Å². The van der Waals surface area contributed by atoms with Crippen molar-refractivity contribution in [1.82, 2.24) is 4.98 Å². The third kappa shape index (κ3) is 3.54. The molecule has 2 nitrogen and oxygen atoms in total. The van der Waals surface area contributed by atoms with E-state index in [9.17, 15) is 0 Å². The van der Waals surface area contributed by atoms with Gasteiger partial charge in [-0.3, -0.25) is 4.99 Å². The normalized spacial score (nSPS) is 20.3. The van der Waals surface area contributed by atoms with Crippen LogP contribution >= 0.6 is 0 Å². The Hall–Kier alpha value is -1.05. The van der Waals surface area contributed by atoms with E-state index in [-0.39, 0.29) is 0 Å². The van der Waals surface area contributed by atoms with Crippen LogP contribution in [0, 0.1) is 0 Å². The fourth-order valence-corrected chi connectivity index (χ4v) is 2.19. The summed E-state index contributed by atoms with van der Waals surface area (Å²) in [6.07, 6.45) is 13.4. The van der Waals surface area contributed by atoms with Gasteiger partial charge in [-0.2, -0.15) is 0 Å². The van der Waals surface area contributed by atoms with E-state index in [0.717, 1.165) is 5.69 Å². The maximum Gasteiger partial charge on any atom is 0.0561 e. The van der Waals surface area contributed by atoms with Crippen molar-refractivity contribution in [3.05, 3.63) is 24.0 Å². The van der Waals surface area contributed by atoms with Gasteiger partial charge in [0.05, 0.1) is 11.7 Å². The zero-order valence-electron chi connectivity index (χ0n) is 9.28. The fraction of sp³-hybridized carbons (Fsp3) is 0.615. The Morgan fingerprint density at radius 1 is 1.13 bits per heavy atom. The van der Waals surface area contributed by atoms with Gasteiger partial charge in [0.1, 0.15) is 0 Å². The molecule has 15 heavy (non-hydrogen) atoms. The molecule has 1 aliphatic carbocycles. The monoisotopic (exact) mass is 204 g/mol. The molecule has 1 saturated carbocycles. The van der Waals surface area contributed by atoms with Crippen molar-refractivity contribution in [2.24, 2.45) is 4.99 Å². The van der Waals surface area contributed by atoms with Crippen molar-refractivity contribution in [3.63, 3.8) is 0 Å². The summed E-state index contributed by atoms with van der Waals surface area (Å²) < 4.78 is 0. The predicted octanol–water partition coefficient (Wildman–Crippen LogP) is 3.55. The maximum absolute atomic E-state index is 4.67. The lowest BCUT2D eigenvalue weighted by atomic mass is 9.97. The van der Waals surface area contributed by atoms with Gasteiger partial charge >= 0.3 is 0 Å². The zero-order chi connectivity index (χ0) is 10.3. The lowest BCUT2D eigenvalue weighted by molar-refractivity contribution is 0.456. The van der Waals surface area contributed by atoms with E-state index in [4.69, 9.17) is 0 Å². The van der Waals surface area contributed by atoms with Crippen LogP contribution in [-0.4, -0.2) is 17.2 Å². The summed E-state index contributed by atoms with van der Waals surface area (Å²) in [6.45, 7) is 0. The number of H-pyrrole nitrogens is 1. The molecule has 0 spiro atoms. The number of rotatable bonds is 2. The summed E-state index contributed by atoms with van der Waals surface area (Å²) >= 11 is 0. The lowest BCUT2D eigenvalue weighted by Crippen LogP contribution is -2.07. The molecule has 0 aromatic carbocycles. The van der Waals surface area contributed by atoms with Gasteiger partial charge in [0, 0.05) is 12.4 Å². The summed E-state index contributed by atoms with van der Waals surface area (Å²) in [4.78, 5) is 7.83. The first-order chi connectivity index (χ1) is 7.45. The van der Waals surface area contributed by atoms with Crippen LogP contribution in [0.15, 0.2) is 23.3 Å². The Kier molecular flexibility index (Phi) is 4.01. The Balaban J connectivity index is 1.86. The number of nitrogens with one attached hydrogen (secondary N) is 1. The molecular weight excluding hydrogens is 184 g/mol. The van der Waals surface area contributed by atoms with E-state index < -0.39 is 0 Å². The second-order valence-corrected chi connectivity index (χ2v) is 4.40. The molecule has 0 radical (unpaired) electrons. The Morgan fingerprint density at radius 3 is 2.53 bits per heavy atom. The average molecular weight is 204 g/mol. The fourth-order valence-electron chi connectivity index (χ4n) is 2.19. The third-order valence-electron chi connectivity index (χ3n) is 3.12. The highest BCUT2D eigenvalue weighted by atomic mass is 14.8. The van der Waals surface area contributed by atoms with Gasteiger partial charge < -0.3 is 4.98 Å². The molecule has 0 unspecified atom stereocenters. The molecule has 82 valence electrons. The largest absolute Gasteiger partial charge is 0.360 e. The first-order valence-corrected chi connectivity index (χ1v) is 6.12. The second kappa shape index (κ2) is 5.74. The van der Waals surface area contributed by atoms with Crippen LogP contribution in [0.3, 0.4) is 0 Å². The number of hydrogen-bond donors (Lipinski definition) is 1. The smallest absolute Gasteiger partial charge is 0.0561 e. The quantitative estimate of drug-likeness (QED) is 0.714. The molecule has 1 aromatic rings.